The van der Waals surface area contributed by atoms with Gasteiger partial charge in [0.25, 0.3) is 0 Å². The van der Waals surface area contributed by atoms with Crippen LogP contribution in [-0.2, 0) is 9.47 Å². The molecule has 0 radical (unpaired) electrons. The highest BCUT2D eigenvalue weighted by molar-refractivity contribution is 5.03. The molecule has 4 nitrogen and oxygen atoms in total. The molecule has 4 aliphatic heterocycles. The van der Waals surface area contributed by atoms with Crippen LogP contribution in [0.15, 0.2) is 0 Å². The van der Waals surface area contributed by atoms with Gasteiger partial charge in [0.1, 0.15) is 0 Å². The van der Waals surface area contributed by atoms with Crippen molar-refractivity contribution < 1.29 is 9.47 Å². The summed E-state index contributed by atoms with van der Waals surface area (Å²) < 4.78 is 11.6. The molecular formula is C23H42N2O2. The fourth-order valence-electron chi connectivity index (χ4n) is 6.45. The Labute approximate surface area is 166 Å². The summed E-state index contributed by atoms with van der Waals surface area (Å²) in [6.45, 7) is 19.8. The third kappa shape index (κ3) is 3.97. The fourth-order valence-corrected chi connectivity index (χ4v) is 6.45. The number of rotatable bonds is 3. The van der Waals surface area contributed by atoms with Gasteiger partial charge in [0, 0.05) is 42.3 Å². The first-order chi connectivity index (χ1) is 12.6. The Hall–Kier alpha value is -0.160. The summed E-state index contributed by atoms with van der Waals surface area (Å²) in [4.78, 5) is 5.60. The van der Waals surface area contributed by atoms with Crippen molar-refractivity contribution >= 4 is 0 Å². The Morgan fingerprint density at radius 3 is 2.07 bits per heavy atom. The van der Waals surface area contributed by atoms with Gasteiger partial charge in [-0.3, -0.25) is 9.80 Å². The highest BCUT2D eigenvalue weighted by Crippen LogP contribution is 2.47. The van der Waals surface area contributed by atoms with Crippen LogP contribution in [0.1, 0.15) is 73.1 Å². The molecule has 4 heterocycles. The zero-order valence-electron chi connectivity index (χ0n) is 18.5. The number of likely N-dealkylation sites (tertiary alicyclic amines) is 2. The van der Waals surface area contributed by atoms with E-state index in [1.807, 2.05) is 0 Å². The molecule has 27 heavy (non-hydrogen) atoms. The lowest BCUT2D eigenvalue weighted by molar-refractivity contribution is -0.0357. The Bertz CT molecular complexity index is 527. The predicted octanol–water partition coefficient (Wildman–Crippen LogP) is 3.94. The molecule has 2 spiro atoms. The van der Waals surface area contributed by atoms with Crippen LogP contribution in [0.4, 0.5) is 0 Å². The number of nitrogens with zero attached hydrogens (tertiary/aromatic N) is 2. The van der Waals surface area contributed by atoms with E-state index in [2.05, 4.69) is 44.4 Å². The first-order valence-corrected chi connectivity index (χ1v) is 11.3. The molecule has 4 rings (SSSR count). The van der Waals surface area contributed by atoms with Crippen LogP contribution in [0.3, 0.4) is 0 Å². The summed E-state index contributed by atoms with van der Waals surface area (Å²) in [5, 5.41) is 0. The number of hydrogen-bond donors (Lipinski definition) is 0. The molecule has 0 aromatic carbocycles. The SMILES string of the molecule is CC(C)(C)N1CCC2(CCOC2)CC1CC(C)(C)N1CCC2(CCOC2)C1. The van der Waals surface area contributed by atoms with E-state index in [1.54, 1.807) is 0 Å². The summed E-state index contributed by atoms with van der Waals surface area (Å²) in [6.07, 6.45) is 7.75. The van der Waals surface area contributed by atoms with E-state index < -0.39 is 0 Å². The molecular weight excluding hydrogens is 336 g/mol. The van der Waals surface area contributed by atoms with E-state index >= 15 is 0 Å². The quantitative estimate of drug-likeness (QED) is 0.743. The number of hydrogen-bond acceptors (Lipinski definition) is 4. The first-order valence-electron chi connectivity index (χ1n) is 11.3. The van der Waals surface area contributed by atoms with Crippen molar-refractivity contribution in [2.45, 2.75) is 90.3 Å². The van der Waals surface area contributed by atoms with E-state index in [0.717, 1.165) is 26.4 Å². The molecule has 4 fully saturated rings. The van der Waals surface area contributed by atoms with Crippen molar-refractivity contribution in [1.82, 2.24) is 9.80 Å². The van der Waals surface area contributed by atoms with Crippen molar-refractivity contribution in [3.05, 3.63) is 0 Å². The second-order valence-corrected chi connectivity index (χ2v) is 11.8. The molecule has 0 saturated carbocycles. The van der Waals surface area contributed by atoms with E-state index in [1.165, 1.54) is 58.2 Å². The summed E-state index contributed by atoms with van der Waals surface area (Å²) in [5.41, 5.74) is 1.40. The van der Waals surface area contributed by atoms with Crippen molar-refractivity contribution in [2.75, 3.05) is 46.1 Å². The summed E-state index contributed by atoms with van der Waals surface area (Å²) in [7, 11) is 0. The average Bonchev–Trinajstić information content (AvgIpc) is 3.30. The van der Waals surface area contributed by atoms with Gasteiger partial charge in [-0.2, -0.15) is 0 Å². The molecule has 0 aromatic heterocycles. The lowest BCUT2D eigenvalue weighted by Crippen LogP contribution is -2.58. The van der Waals surface area contributed by atoms with Gasteiger partial charge < -0.3 is 9.47 Å². The van der Waals surface area contributed by atoms with Crippen molar-refractivity contribution in [2.24, 2.45) is 10.8 Å². The minimum absolute atomic E-state index is 0.243. The summed E-state index contributed by atoms with van der Waals surface area (Å²) in [5.74, 6) is 0. The van der Waals surface area contributed by atoms with E-state index in [4.69, 9.17) is 9.47 Å². The van der Waals surface area contributed by atoms with Gasteiger partial charge >= 0.3 is 0 Å². The molecule has 156 valence electrons. The van der Waals surface area contributed by atoms with Gasteiger partial charge in [-0.25, -0.2) is 0 Å². The second kappa shape index (κ2) is 6.97. The maximum absolute atomic E-state index is 5.86. The van der Waals surface area contributed by atoms with Crippen LogP contribution >= 0.6 is 0 Å². The maximum atomic E-state index is 5.86. The summed E-state index contributed by atoms with van der Waals surface area (Å²) >= 11 is 0. The van der Waals surface area contributed by atoms with Crippen LogP contribution in [0, 0.1) is 10.8 Å². The van der Waals surface area contributed by atoms with E-state index in [9.17, 15) is 0 Å². The van der Waals surface area contributed by atoms with Gasteiger partial charge in [-0.15, -0.1) is 0 Å². The highest BCUT2D eigenvalue weighted by atomic mass is 16.5. The van der Waals surface area contributed by atoms with Crippen LogP contribution in [0.5, 0.6) is 0 Å². The third-order valence-corrected chi connectivity index (χ3v) is 8.25. The fraction of sp³-hybridized carbons (Fsp3) is 1.00. The molecule has 0 amide bonds. The van der Waals surface area contributed by atoms with Gasteiger partial charge in [-0.1, -0.05) is 0 Å². The molecule has 3 unspecified atom stereocenters. The largest absolute Gasteiger partial charge is 0.381 e. The lowest BCUT2D eigenvalue weighted by Gasteiger charge is -2.53. The van der Waals surface area contributed by atoms with Crippen LogP contribution in [0.2, 0.25) is 0 Å². The second-order valence-electron chi connectivity index (χ2n) is 11.8. The normalized spacial score (nSPS) is 39.2. The Balaban J connectivity index is 1.48. The molecule has 0 bridgehead atoms. The van der Waals surface area contributed by atoms with Crippen molar-refractivity contribution in [3.63, 3.8) is 0 Å². The van der Waals surface area contributed by atoms with Crippen LogP contribution in [-0.4, -0.2) is 73.0 Å². The molecule has 0 aromatic rings. The van der Waals surface area contributed by atoms with Gasteiger partial charge in [-0.05, 0) is 91.6 Å². The van der Waals surface area contributed by atoms with Gasteiger partial charge in [0.2, 0.25) is 0 Å². The van der Waals surface area contributed by atoms with Gasteiger partial charge in [0.05, 0.1) is 13.2 Å². The number of piperidine rings is 1. The summed E-state index contributed by atoms with van der Waals surface area (Å²) in [6, 6.07) is 0.659. The Morgan fingerprint density at radius 2 is 1.48 bits per heavy atom. The topological polar surface area (TPSA) is 24.9 Å². The molecule has 0 aliphatic carbocycles. The highest BCUT2D eigenvalue weighted by Gasteiger charge is 2.49. The number of ether oxygens (including phenoxy) is 2. The average molecular weight is 379 g/mol. The van der Waals surface area contributed by atoms with Crippen LogP contribution in [0.25, 0.3) is 0 Å². The molecule has 4 aliphatic rings. The molecule has 4 saturated heterocycles. The maximum Gasteiger partial charge on any atom is 0.0536 e. The standard InChI is InChI=1S/C23H42N2O2/c1-20(2,3)25-11-7-22(8-12-26-17-22)15-19(25)14-21(4,5)24-10-6-23(16-24)9-13-27-18-23/h19H,6-18H2,1-5H3. The van der Waals surface area contributed by atoms with E-state index in [-0.39, 0.29) is 11.1 Å². The van der Waals surface area contributed by atoms with Crippen molar-refractivity contribution in [1.29, 1.82) is 0 Å². The molecule has 0 N–H and O–H groups in total. The zero-order valence-corrected chi connectivity index (χ0v) is 18.5. The lowest BCUT2D eigenvalue weighted by atomic mass is 9.71. The molecule has 3 atom stereocenters. The first kappa shape index (κ1) is 20.1. The van der Waals surface area contributed by atoms with Crippen LogP contribution < -0.4 is 0 Å². The monoisotopic (exact) mass is 378 g/mol. The van der Waals surface area contributed by atoms with Gasteiger partial charge in [0.15, 0.2) is 0 Å². The third-order valence-electron chi connectivity index (χ3n) is 8.25. The van der Waals surface area contributed by atoms with E-state index in [0.29, 0.717) is 16.9 Å². The zero-order chi connectivity index (χ0) is 19.3. The molecule has 4 heteroatoms. The Kier molecular flexibility index (Phi) is 5.19. The minimum atomic E-state index is 0.243. The minimum Gasteiger partial charge on any atom is -0.381 e. The predicted molar refractivity (Wildman–Crippen MR) is 110 cm³/mol. The smallest absolute Gasteiger partial charge is 0.0536 e. The van der Waals surface area contributed by atoms with Crippen molar-refractivity contribution in [3.8, 4) is 0 Å². The Morgan fingerprint density at radius 1 is 0.852 bits per heavy atom.